The number of anilines is 1. The number of benzene rings is 2. The summed E-state index contributed by atoms with van der Waals surface area (Å²) in [6.45, 7) is 0. The summed E-state index contributed by atoms with van der Waals surface area (Å²) in [7, 11) is 1.65. The van der Waals surface area contributed by atoms with Crippen LogP contribution in [0.5, 0.6) is 5.75 Å². The van der Waals surface area contributed by atoms with Gasteiger partial charge in [-0.05, 0) is 30.3 Å². The Morgan fingerprint density at radius 2 is 2.00 bits per heavy atom. The highest BCUT2D eigenvalue weighted by molar-refractivity contribution is 6.35. The van der Waals surface area contributed by atoms with Gasteiger partial charge >= 0.3 is 0 Å². The van der Waals surface area contributed by atoms with Crippen LogP contribution in [-0.2, 0) is 4.79 Å². The van der Waals surface area contributed by atoms with Crippen LogP contribution in [0.25, 0.3) is 22.6 Å². The molecule has 0 fully saturated rings. The number of fused-ring (bicyclic) bond motifs is 2. The highest BCUT2D eigenvalue weighted by Gasteiger charge is 2.23. The predicted octanol–water partition coefficient (Wildman–Crippen LogP) is 3.67. The zero-order valence-corrected chi connectivity index (χ0v) is 12.0. The number of aromatic amines is 1. The lowest BCUT2D eigenvalue weighted by Gasteiger charge is -2.00. The van der Waals surface area contributed by atoms with E-state index in [-0.39, 0.29) is 5.91 Å². The molecular weight excluding hydrogens is 276 g/mol. The second kappa shape index (κ2) is 4.77. The minimum absolute atomic E-state index is 0.0709. The van der Waals surface area contributed by atoms with Gasteiger partial charge in [-0.3, -0.25) is 4.79 Å². The third kappa shape index (κ3) is 1.89. The summed E-state index contributed by atoms with van der Waals surface area (Å²) in [5.41, 5.74) is 4.45. The van der Waals surface area contributed by atoms with Crippen molar-refractivity contribution in [3.63, 3.8) is 0 Å². The fraction of sp³-hybridized carbons (Fsp3) is 0.0556. The molecule has 3 aromatic rings. The zero-order valence-electron chi connectivity index (χ0n) is 12.0. The average molecular weight is 290 g/mol. The van der Waals surface area contributed by atoms with E-state index in [1.807, 2.05) is 54.7 Å². The number of carbonyl (C=O) groups excluding carboxylic acids is 1. The Hall–Kier alpha value is -3.01. The third-order valence-electron chi connectivity index (χ3n) is 3.93. The van der Waals surface area contributed by atoms with Gasteiger partial charge in [-0.1, -0.05) is 18.2 Å². The maximum atomic E-state index is 12.2. The number of para-hydroxylation sites is 1. The number of methoxy groups -OCH3 is 1. The molecule has 0 aliphatic carbocycles. The van der Waals surface area contributed by atoms with E-state index in [1.165, 1.54) is 0 Å². The van der Waals surface area contributed by atoms with Crippen molar-refractivity contribution in [3.8, 4) is 5.75 Å². The van der Waals surface area contributed by atoms with Gasteiger partial charge in [0.2, 0.25) is 0 Å². The average Bonchev–Trinajstić information content (AvgIpc) is 3.09. The summed E-state index contributed by atoms with van der Waals surface area (Å²) < 4.78 is 5.28. The van der Waals surface area contributed by atoms with E-state index in [0.29, 0.717) is 5.57 Å². The highest BCUT2D eigenvalue weighted by atomic mass is 16.5. The Morgan fingerprint density at radius 1 is 1.14 bits per heavy atom. The van der Waals surface area contributed by atoms with Gasteiger partial charge in [0.15, 0.2) is 0 Å². The van der Waals surface area contributed by atoms with Crippen molar-refractivity contribution in [1.82, 2.24) is 4.98 Å². The maximum absolute atomic E-state index is 12.2. The predicted molar refractivity (Wildman–Crippen MR) is 87.8 cm³/mol. The number of H-pyrrole nitrogens is 1. The minimum Gasteiger partial charge on any atom is -0.497 e. The number of carbonyl (C=O) groups is 1. The molecule has 2 aromatic carbocycles. The molecule has 4 rings (SSSR count). The van der Waals surface area contributed by atoms with Crippen molar-refractivity contribution in [3.05, 3.63) is 59.8 Å². The first-order valence-electron chi connectivity index (χ1n) is 7.04. The molecule has 1 aromatic heterocycles. The van der Waals surface area contributed by atoms with Crippen molar-refractivity contribution >= 4 is 34.1 Å². The lowest BCUT2D eigenvalue weighted by Crippen LogP contribution is -2.03. The first kappa shape index (κ1) is 12.7. The van der Waals surface area contributed by atoms with Crippen LogP contribution in [0.1, 0.15) is 11.1 Å². The molecule has 0 unspecified atom stereocenters. The van der Waals surface area contributed by atoms with Crippen LogP contribution in [0, 0.1) is 0 Å². The van der Waals surface area contributed by atoms with Gasteiger partial charge in [0.25, 0.3) is 5.91 Å². The van der Waals surface area contributed by atoms with Crippen LogP contribution < -0.4 is 10.1 Å². The van der Waals surface area contributed by atoms with E-state index < -0.39 is 0 Å². The molecule has 0 atom stereocenters. The lowest BCUT2D eigenvalue weighted by molar-refractivity contribution is -0.110. The Balaban J connectivity index is 1.88. The molecule has 1 aliphatic heterocycles. The van der Waals surface area contributed by atoms with Crippen LogP contribution in [0.4, 0.5) is 5.69 Å². The normalized spacial score (nSPS) is 15.1. The maximum Gasteiger partial charge on any atom is 0.256 e. The fourth-order valence-corrected chi connectivity index (χ4v) is 2.81. The van der Waals surface area contributed by atoms with E-state index in [0.717, 1.165) is 33.5 Å². The lowest BCUT2D eigenvalue weighted by atomic mass is 10.0. The number of amides is 1. The molecule has 2 N–H and O–H groups in total. The Morgan fingerprint density at radius 3 is 2.86 bits per heavy atom. The van der Waals surface area contributed by atoms with Gasteiger partial charge in [0.05, 0.1) is 7.11 Å². The molecule has 4 nitrogen and oxygen atoms in total. The monoisotopic (exact) mass is 290 g/mol. The van der Waals surface area contributed by atoms with Crippen molar-refractivity contribution in [2.75, 3.05) is 12.4 Å². The van der Waals surface area contributed by atoms with Gasteiger partial charge in [-0.2, -0.15) is 0 Å². The summed E-state index contributed by atoms with van der Waals surface area (Å²) in [5.74, 6) is 0.724. The van der Waals surface area contributed by atoms with E-state index in [1.54, 1.807) is 7.11 Å². The second-order valence-corrected chi connectivity index (χ2v) is 5.21. The summed E-state index contributed by atoms with van der Waals surface area (Å²) in [6, 6.07) is 13.6. The van der Waals surface area contributed by atoms with E-state index >= 15 is 0 Å². The SMILES string of the molecule is COc1ccc2[nH]cc(/C=C3/C(=O)Nc4ccccc43)c2c1. The fourth-order valence-electron chi connectivity index (χ4n) is 2.81. The zero-order chi connectivity index (χ0) is 15.1. The molecule has 22 heavy (non-hydrogen) atoms. The molecule has 1 aliphatic rings. The van der Waals surface area contributed by atoms with Gasteiger partial charge in [-0.15, -0.1) is 0 Å². The number of rotatable bonds is 2. The van der Waals surface area contributed by atoms with Crippen LogP contribution in [0.15, 0.2) is 48.7 Å². The van der Waals surface area contributed by atoms with E-state index in [2.05, 4.69) is 10.3 Å². The largest absolute Gasteiger partial charge is 0.497 e. The number of ether oxygens (including phenoxy) is 1. The molecule has 0 saturated carbocycles. The van der Waals surface area contributed by atoms with Crippen LogP contribution in [0.2, 0.25) is 0 Å². The quantitative estimate of drug-likeness (QED) is 0.707. The summed E-state index contributed by atoms with van der Waals surface area (Å²) in [4.78, 5) is 15.4. The third-order valence-corrected chi connectivity index (χ3v) is 3.93. The highest BCUT2D eigenvalue weighted by Crippen LogP contribution is 2.34. The topological polar surface area (TPSA) is 54.1 Å². The standard InChI is InChI=1S/C18H14N2O2/c1-22-12-6-7-16-14(9-12)11(10-19-16)8-15-13-4-2-3-5-17(13)20-18(15)21/h2-10,19H,1H3,(H,20,21)/b15-8+. The Bertz CT molecular complexity index is 922. The summed E-state index contributed by atoms with van der Waals surface area (Å²) in [5, 5.41) is 3.92. The minimum atomic E-state index is -0.0709. The molecule has 0 spiro atoms. The van der Waals surface area contributed by atoms with Gasteiger partial charge in [-0.25, -0.2) is 0 Å². The number of nitrogens with one attached hydrogen (secondary N) is 2. The second-order valence-electron chi connectivity index (χ2n) is 5.21. The van der Waals surface area contributed by atoms with Gasteiger partial charge in [0.1, 0.15) is 5.75 Å². The first-order valence-corrected chi connectivity index (χ1v) is 7.04. The molecule has 108 valence electrons. The smallest absolute Gasteiger partial charge is 0.256 e. The molecule has 1 amide bonds. The Labute approximate surface area is 127 Å². The molecule has 4 heteroatoms. The molecule has 0 bridgehead atoms. The Kier molecular flexibility index (Phi) is 2.76. The molecular formula is C18H14N2O2. The molecule has 0 radical (unpaired) electrons. The van der Waals surface area contributed by atoms with Crippen molar-refractivity contribution < 1.29 is 9.53 Å². The number of hydrogen-bond acceptors (Lipinski definition) is 2. The van der Waals surface area contributed by atoms with Gasteiger partial charge < -0.3 is 15.0 Å². The molecule has 0 saturated heterocycles. The van der Waals surface area contributed by atoms with Gasteiger partial charge in [0, 0.05) is 39.5 Å². The van der Waals surface area contributed by atoms with E-state index in [4.69, 9.17) is 4.74 Å². The number of aromatic nitrogens is 1. The van der Waals surface area contributed by atoms with Crippen molar-refractivity contribution in [2.24, 2.45) is 0 Å². The van der Waals surface area contributed by atoms with Crippen molar-refractivity contribution in [1.29, 1.82) is 0 Å². The summed E-state index contributed by atoms with van der Waals surface area (Å²) in [6.07, 6.45) is 3.82. The van der Waals surface area contributed by atoms with Crippen molar-refractivity contribution in [2.45, 2.75) is 0 Å². The van der Waals surface area contributed by atoms with Crippen LogP contribution in [-0.4, -0.2) is 18.0 Å². The molecule has 2 heterocycles. The van der Waals surface area contributed by atoms with E-state index in [9.17, 15) is 4.79 Å². The number of hydrogen-bond donors (Lipinski definition) is 2. The first-order chi connectivity index (χ1) is 10.8. The van der Waals surface area contributed by atoms with Crippen LogP contribution in [0.3, 0.4) is 0 Å². The summed E-state index contributed by atoms with van der Waals surface area (Å²) >= 11 is 0. The van der Waals surface area contributed by atoms with Crippen LogP contribution >= 0.6 is 0 Å².